The van der Waals surface area contributed by atoms with Crippen molar-refractivity contribution in [3.05, 3.63) is 22.7 Å². The number of nitrogens with one attached hydrogen (secondary N) is 1. The lowest BCUT2D eigenvalue weighted by atomic mass is 9.85. The molecule has 0 unspecified atom stereocenters. The number of hydrogen-bond donors (Lipinski definition) is 1. The average Bonchev–Trinajstić information content (AvgIpc) is 2.99. The second-order valence-corrected chi connectivity index (χ2v) is 7.50. The van der Waals surface area contributed by atoms with E-state index in [2.05, 4.69) is 10.3 Å². The Balaban J connectivity index is 1.48. The zero-order valence-corrected chi connectivity index (χ0v) is 14.7. The van der Waals surface area contributed by atoms with Gasteiger partial charge in [-0.1, -0.05) is 12.2 Å². The lowest BCUT2D eigenvalue weighted by Gasteiger charge is -2.14. The van der Waals surface area contributed by atoms with Crippen LogP contribution >= 0.6 is 11.3 Å². The van der Waals surface area contributed by atoms with Gasteiger partial charge in [0.2, 0.25) is 17.7 Å². The number of nitrogens with zero attached hydrogens (tertiary/aromatic N) is 2. The van der Waals surface area contributed by atoms with Crippen molar-refractivity contribution in [3.63, 3.8) is 0 Å². The predicted molar refractivity (Wildman–Crippen MR) is 91.5 cm³/mol. The van der Waals surface area contributed by atoms with Crippen molar-refractivity contribution in [1.29, 1.82) is 0 Å². The lowest BCUT2D eigenvalue weighted by molar-refractivity contribution is -0.140. The van der Waals surface area contributed by atoms with Crippen LogP contribution in [0.3, 0.4) is 0 Å². The highest BCUT2D eigenvalue weighted by Crippen LogP contribution is 2.35. The third kappa shape index (κ3) is 3.26. The number of likely N-dealkylation sites (tertiary alicyclic amines) is 1. The van der Waals surface area contributed by atoms with Crippen LogP contribution in [-0.2, 0) is 14.4 Å². The molecule has 6 nitrogen and oxygen atoms in total. The van der Waals surface area contributed by atoms with Crippen LogP contribution in [0.1, 0.15) is 36.3 Å². The Morgan fingerprint density at radius 2 is 1.88 bits per heavy atom. The van der Waals surface area contributed by atoms with Gasteiger partial charge in [0, 0.05) is 17.8 Å². The van der Waals surface area contributed by atoms with Crippen molar-refractivity contribution in [2.45, 2.75) is 39.5 Å². The zero-order valence-electron chi connectivity index (χ0n) is 13.9. The van der Waals surface area contributed by atoms with Crippen LogP contribution in [0.25, 0.3) is 0 Å². The van der Waals surface area contributed by atoms with E-state index in [1.54, 1.807) is 0 Å². The number of thiazole rings is 1. The second-order valence-electron chi connectivity index (χ2n) is 6.30. The van der Waals surface area contributed by atoms with Gasteiger partial charge in [-0.25, -0.2) is 4.98 Å². The molecule has 1 saturated heterocycles. The molecule has 3 amide bonds. The fourth-order valence-electron chi connectivity index (χ4n) is 3.20. The zero-order chi connectivity index (χ0) is 17.3. The first kappa shape index (κ1) is 16.8. The topological polar surface area (TPSA) is 79.4 Å². The Labute approximate surface area is 144 Å². The molecule has 7 heteroatoms. The minimum atomic E-state index is -0.197. The van der Waals surface area contributed by atoms with Crippen molar-refractivity contribution in [3.8, 4) is 0 Å². The number of anilines is 1. The van der Waals surface area contributed by atoms with Crippen LogP contribution in [0.2, 0.25) is 0 Å². The smallest absolute Gasteiger partial charge is 0.233 e. The van der Waals surface area contributed by atoms with E-state index in [1.165, 1.54) is 16.2 Å². The van der Waals surface area contributed by atoms with Crippen molar-refractivity contribution in [2.24, 2.45) is 11.8 Å². The maximum absolute atomic E-state index is 12.3. The summed E-state index contributed by atoms with van der Waals surface area (Å²) in [5, 5.41) is 3.37. The Hall–Kier alpha value is -2.02. The molecule has 3 rings (SSSR count). The molecule has 0 aromatic carbocycles. The number of imide groups is 1. The molecule has 1 N–H and O–H groups in total. The third-order valence-corrected chi connectivity index (χ3v) is 5.65. The van der Waals surface area contributed by atoms with E-state index < -0.39 is 0 Å². The van der Waals surface area contributed by atoms with Crippen LogP contribution in [0.15, 0.2) is 12.2 Å². The highest BCUT2D eigenvalue weighted by Gasteiger charge is 2.46. The Morgan fingerprint density at radius 3 is 2.42 bits per heavy atom. The Bertz CT molecular complexity index is 664. The fourth-order valence-corrected chi connectivity index (χ4v) is 4.03. The van der Waals surface area contributed by atoms with E-state index in [1.807, 2.05) is 26.0 Å². The van der Waals surface area contributed by atoms with Gasteiger partial charge in [-0.05, 0) is 33.1 Å². The minimum absolute atomic E-state index is 0.0825. The van der Waals surface area contributed by atoms with Crippen molar-refractivity contribution >= 4 is 34.2 Å². The number of fused-ring (bicyclic) bond motifs is 1. The number of aryl methyl sites for hydroxylation is 2. The number of rotatable bonds is 5. The van der Waals surface area contributed by atoms with Gasteiger partial charge in [0.1, 0.15) is 0 Å². The molecule has 2 aliphatic rings. The van der Waals surface area contributed by atoms with Gasteiger partial charge in [0.15, 0.2) is 5.13 Å². The van der Waals surface area contributed by atoms with Gasteiger partial charge >= 0.3 is 0 Å². The molecule has 0 radical (unpaired) electrons. The number of carbonyl (C=O) groups is 3. The van der Waals surface area contributed by atoms with E-state index in [-0.39, 0.29) is 36.0 Å². The van der Waals surface area contributed by atoms with Gasteiger partial charge in [-0.3, -0.25) is 19.3 Å². The number of amides is 3. The minimum Gasteiger partial charge on any atom is -0.302 e. The van der Waals surface area contributed by atoms with E-state index in [0.717, 1.165) is 10.6 Å². The monoisotopic (exact) mass is 347 g/mol. The molecule has 1 aliphatic heterocycles. The number of hydrogen-bond acceptors (Lipinski definition) is 5. The van der Waals surface area contributed by atoms with Gasteiger partial charge in [-0.2, -0.15) is 0 Å². The van der Waals surface area contributed by atoms with E-state index in [4.69, 9.17) is 0 Å². The SMILES string of the molecule is Cc1nc(NC(=O)CCCN2C(=O)[C@H]3CC=CC[C@H]3C2=O)sc1C. The van der Waals surface area contributed by atoms with E-state index in [0.29, 0.717) is 30.9 Å². The Morgan fingerprint density at radius 1 is 1.25 bits per heavy atom. The van der Waals surface area contributed by atoms with Crippen LogP contribution in [0.4, 0.5) is 5.13 Å². The van der Waals surface area contributed by atoms with Crippen LogP contribution in [0.5, 0.6) is 0 Å². The first-order chi connectivity index (χ1) is 11.5. The summed E-state index contributed by atoms with van der Waals surface area (Å²) in [6.45, 7) is 4.18. The first-order valence-electron chi connectivity index (χ1n) is 8.21. The summed E-state index contributed by atoms with van der Waals surface area (Å²) >= 11 is 1.45. The predicted octanol–water partition coefficient (Wildman–Crippen LogP) is 2.43. The second kappa shape index (κ2) is 6.84. The van der Waals surface area contributed by atoms with Crippen molar-refractivity contribution in [1.82, 2.24) is 9.88 Å². The van der Waals surface area contributed by atoms with Gasteiger partial charge < -0.3 is 5.32 Å². The maximum atomic E-state index is 12.3. The van der Waals surface area contributed by atoms with Gasteiger partial charge in [-0.15, -0.1) is 11.3 Å². The van der Waals surface area contributed by atoms with Gasteiger partial charge in [0.25, 0.3) is 0 Å². The Kier molecular flexibility index (Phi) is 4.80. The summed E-state index contributed by atoms with van der Waals surface area (Å²) in [6, 6.07) is 0. The maximum Gasteiger partial charge on any atom is 0.233 e. The molecule has 0 spiro atoms. The van der Waals surface area contributed by atoms with Crippen LogP contribution in [0, 0.1) is 25.7 Å². The molecule has 0 saturated carbocycles. The van der Waals surface area contributed by atoms with Crippen LogP contribution in [-0.4, -0.2) is 34.2 Å². The number of carbonyl (C=O) groups excluding carboxylic acids is 3. The molecule has 0 bridgehead atoms. The molecule has 1 aromatic rings. The summed E-state index contributed by atoms with van der Waals surface area (Å²) in [4.78, 5) is 43.3. The van der Waals surface area contributed by atoms with E-state index in [9.17, 15) is 14.4 Å². The fraction of sp³-hybridized carbons (Fsp3) is 0.529. The summed E-state index contributed by atoms with van der Waals surface area (Å²) in [5.74, 6) is -0.695. The molecular weight excluding hydrogens is 326 g/mol. The van der Waals surface area contributed by atoms with Crippen molar-refractivity contribution < 1.29 is 14.4 Å². The van der Waals surface area contributed by atoms with E-state index >= 15 is 0 Å². The van der Waals surface area contributed by atoms with Crippen LogP contribution < -0.4 is 5.32 Å². The molecule has 1 fully saturated rings. The molecule has 24 heavy (non-hydrogen) atoms. The molecule has 1 aliphatic carbocycles. The molecule has 128 valence electrons. The number of allylic oxidation sites excluding steroid dienone is 2. The van der Waals surface area contributed by atoms with Crippen molar-refractivity contribution in [2.75, 3.05) is 11.9 Å². The average molecular weight is 347 g/mol. The third-order valence-electron chi connectivity index (χ3n) is 4.66. The highest BCUT2D eigenvalue weighted by atomic mass is 32.1. The summed E-state index contributed by atoms with van der Waals surface area (Å²) in [7, 11) is 0. The summed E-state index contributed by atoms with van der Waals surface area (Å²) in [6.07, 6.45) is 5.98. The standard InChI is InChI=1S/C17H21N3O3S/c1-10-11(2)24-17(18-10)19-14(21)8-5-9-20-15(22)12-6-3-4-7-13(12)16(20)23/h3-4,12-13H,5-9H2,1-2H3,(H,18,19,21)/t12-,13+. The largest absolute Gasteiger partial charge is 0.302 e. The summed E-state index contributed by atoms with van der Waals surface area (Å²) in [5.41, 5.74) is 0.916. The summed E-state index contributed by atoms with van der Waals surface area (Å²) < 4.78 is 0. The molecular formula is C17H21N3O3S. The normalized spacial score (nSPS) is 22.8. The first-order valence-corrected chi connectivity index (χ1v) is 9.03. The molecule has 1 aromatic heterocycles. The highest BCUT2D eigenvalue weighted by molar-refractivity contribution is 7.15. The van der Waals surface area contributed by atoms with Gasteiger partial charge in [0.05, 0.1) is 17.5 Å². The lowest BCUT2D eigenvalue weighted by Crippen LogP contribution is -2.32. The molecule has 2 heterocycles. The number of aromatic nitrogens is 1. The molecule has 2 atom stereocenters. The quantitative estimate of drug-likeness (QED) is 0.655.